The minimum atomic E-state index is 0.766. The standard InChI is InChI=1S/C16H31N/c1-4-15-9-7-10-16(12-15)8-5-6-11-17-13-14(2)3/h5,8,14-17H,4,6-7,9-13H2,1-3H3. The van der Waals surface area contributed by atoms with Gasteiger partial charge in [0.2, 0.25) is 0 Å². The molecule has 1 heteroatoms. The van der Waals surface area contributed by atoms with Gasteiger partial charge in [0.15, 0.2) is 0 Å². The molecule has 17 heavy (non-hydrogen) atoms. The molecule has 1 saturated carbocycles. The van der Waals surface area contributed by atoms with E-state index in [0.29, 0.717) is 0 Å². The zero-order valence-electron chi connectivity index (χ0n) is 12.0. The summed E-state index contributed by atoms with van der Waals surface area (Å²) in [5.41, 5.74) is 0. The van der Waals surface area contributed by atoms with Crippen molar-refractivity contribution in [3.8, 4) is 0 Å². The van der Waals surface area contributed by atoms with Crippen molar-refractivity contribution >= 4 is 0 Å². The Kier molecular flexibility index (Phi) is 7.59. The first-order valence-electron chi connectivity index (χ1n) is 7.59. The molecule has 2 unspecified atom stereocenters. The molecule has 1 N–H and O–H groups in total. The molecule has 2 atom stereocenters. The first-order chi connectivity index (χ1) is 8.22. The quantitative estimate of drug-likeness (QED) is 0.511. The summed E-state index contributed by atoms with van der Waals surface area (Å²) in [5, 5.41) is 3.49. The van der Waals surface area contributed by atoms with E-state index in [1.807, 2.05) is 0 Å². The smallest absolute Gasteiger partial charge is 0.00142 e. The van der Waals surface area contributed by atoms with Crippen molar-refractivity contribution in [1.82, 2.24) is 5.32 Å². The minimum Gasteiger partial charge on any atom is -0.316 e. The minimum absolute atomic E-state index is 0.766. The molecular formula is C16H31N. The van der Waals surface area contributed by atoms with E-state index >= 15 is 0 Å². The molecule has 0 aromatic rings. The Labute approximate surface area is 108 Å². The van der Waals surface area contributed by atoms with E-state index in [2.05, 4.69) is 38.2 Å². The summed E-state index contributed by atoms with van der Waals surface area (Å²) in [4.78, 5) is 0. The molecule has 0 saturated heterocycles. The van der Waals surface area contributed by atoms with Crippen molar-refractivity contribution in [1.29, 1.82) is 0 Å². The average Bonchev–Trinajstić information content (AvgIpc) is 2.33. The van der Waals surface area contributed by atoms with Crippen LogP contribution in [0.1, 0.15) is 59.3 Å². The second-order valence-corrected chi connectivity index (χ2v) is 6.02. The highest BCUT2D eigenvalue weighted by Gasteiger charge is 2.18. The third-order valence-corrected chi connectivity index (χ3v) is 3.85. The Bertz CT molecular complexity index is 208. The van der Waals surface area contributed by atoms with Crippen molar-refractivity contribution in [2.45, 2.75) is 59.3 Å². The molecule has 0 heterocycles. The van der Waals surface area contributed by atoms with E-state index < -0.39 is 0 Å². The third kappa shape index (κ3) is 6.88. The van der Waals surface area contributed by atoms with Gasteiger partial charge in [-0.05, 0) is 50.1 Å². The van der Waals surface area contributed by atoms with E-state index in [9.17, 15) is 0 Å². The molecule has 0 amide bonds. The second kappa shape index (κ2) is 8.74. The lowest BCUT2D eigenvalue weighted by molar-refractivity contribution is 0.297. The first kappa shape index (κ1) is 14.8. The molecule has 1 aliphatic rings. The summed E-state index contributed by atoms with van der Waals surface area (Å²) in [6, 6.07) is 0. The highest BCUT2D eigenvalue weighted by atomic mass is 14.8. The predicted octanol–water partition coefficient (Wildman–Crippen LogP) is 4.39. The van der Waals surface area contributed by atoms with Gasteiger partial charge in [0.05, 0.1) is 0 Å². The predicted molar refractivity (Wildman–Crippen MR) is 77.2 cm³/mol. The SMILES string of the molecule is CCC1CCCC(C=CCCNCC(C)C)C1. The number of nitrogens with one attached hydrogen (secondary N) is 1. The summed E-state index contributed by atoms with van der Waals surface area (Å²) < 4.78 is 0. The van der Waals surface area contributed by atoms with Crippen LogP contribution in [0, 0.1) is 17.8 Å². The van der Waals surface area contributed by atoms with Crippen molar-refractivity contribution in [2.75, 3.05) is 13.1 Å². The van der Waals surface area contributed by atoms with Crippen molar-refractivity contribution < 1.29 is 0 Å². The average molecular weight is 237 g/mol. The van der Waals surface area contributed by atoms with E-state index in [-0.39, 0.29) is 0 Å². The van der Waals surface area contributed by atoms with Crippen molar-refractivity contribution in [2.24, 2.45) is 17.8 Å². The van der Waals surface area contributed by atoms with Gasteiger partial charge >= 0.3 is 0 Å². The summed E-state index contributed by atoms with van der Waals surface area (Å²) in [7, 11) is 0. The van der Waals surface area contributed by atoms with Gasteiger partial charge in [-0.3, -0.25) is 0 Å². The Balaban J connectivity index is 2.07. The first-order valence-corrected chi connectivity index (χ1v) is 7.59. The van der Waals surface area contributed by atoms with Gasteiger partial charge in [-0.25, -0.2) is 0 Å². The largest absolute Gasteiger partial charge is 0.316 e. The normalized spacial score (nSPS) is 25.9. The molecule has 0 spiro atoms. The third-order valence-electron chi connectivity index (χ3n) is 3.85. The lowest BCUT2D eigenvalue weighted by atomic mass is 9.80. The second-order valence-electron chi connectivity index (χ2n) is 6.02. The van der Waals surface area contributed by atoms with E-state index in [0.717, 1.165) is 30.8 Å². The van der Waals surface area contributed by atoms with Crippen LogP contribution in [-0.2, 0) is 0 Å². The van der Waals surface area contributed by atoms with Crippen LogP contribution in [0.25, 0.3) is 0 Å². The highest BCUT2D eigenvalue weighted by molar-refractivity contribution is 4.91. The topological polar surface area (TPSA) is 12.0 Å². The van der Waals surface area contributed by atoms with Gasteiger partial charge in [0, 0.05) is 0 Å². The van der Waals surface area contributed by atoms with Gasteiger partial charge in [-0.15, -0.1) is 0 Å². The summed E-state index contributed by atoms with van der Waals surface area (Å²) in [6.45, 7) is 9.14. The molecular weight excluding hydrogens is 206 g/mol. The van der Waals surface area contributed by atoms with Crippen molar-refractivity contribution in [3.63, 3.8) is 0 Å². The Morgan fingerprint density at radius 3 is 2.82 bits per heavy atom. The van der Waals surface area contributed by atoms with Crippen LogP contribution in [0.2, 0.25) is 0 Å². The summed E-state index contributed by atoms with van der Waals surface area (Å²) in [5.74, 6) is 2.64. The summed E-state index contributed by atoms with van der Waals surface area (Å²) >= 11 is 0. The molecule has 1 rings (SSSR count). The maximum Gasteiger partial charge on any atom is -0.00142 e. The highest BCUT2D eigenvalue weighted by Crippen LogP contribution is 2.31. The number of hydrogen-bond acceptors (Lipinski definition) is 1. The molecule has 1 fully saturated rings. The van der Waals surface area contributed by atoms with Crippen LogP contribution in [0.3, 0.4) is 0 Å². The fourth-order valence-electron chi connectivity index (χ4n) is 2.74. The van der Waals surface area contributed by atoms with Crippen LogP contribution in [0.5, 0.6) is 0 Å². The molecule has 1 aliphatic carbocycles. The van der Waals surface area contributed by atoms with Gasteiger partial charge in [0.1, 0.15) is 0 Å². The Hall–Kier alpha value is -0.300. The zero-order valence-corrected chi connectivity index (χ0v) is 12.0. The van der Waals surface area contributed by atoms with Crippen LogP contribution in [0.15, 0.2) is 12.2 Å². The summed E-state index contributed by atoms with van der Waals surface area (Å²) in [6.07, 6.45) is 13.2. The van der Waals surface area contributed by atoms with Crippen LogP contribution in [0.4, 0.5) is 0 Å². The molecule has 1 nitrogen and oxygen atoms in total. The fourth-order valence-corrected chi connectivity index (χ4v) is 2.74. The van der Waals surface area contributed by atoms with E-state index in [1.54, 1.807) is 0 Å². The monoisotopic (exact) mass is 237 g/mol. The van der Waals surface area contributed by atoms with Crippen molar-refractivity contribution in [3.05, 3.63) is 12.2 Å². The number of allylic oxidation sites excluding steroid dienone is 1. The lowest BCUT2D eigenvalue weighted by Crippen LogP contribution is -2.20. The van der Waals surface area contributed by atoms with E-state index in [1.165, 1.54) is 38.5 Å². The molecule has 0 bridgehead atoms. The zero-order chi connectivity index (χ0) is 12.5. The van der Waals surface area contributed by atoms with Gasteiger partial charge in [-0.2, -0.15) is 0 Å². The Morgan fingerprint density at radius 2 is 2.12 bits per heavy atom. The molecule has 0 aliphatic heterocycles. The molecule has 0 aromatic heterocycles. The van der Waals surface area contributed by atoms with E-state index in [4.69, 9.17) is 0 Å². The van der Waals surface area contributed by atoms with Gasteiger partial charge in [-0.1, -0.05) is 52.2 Å². The van der Waals surface area contributed by atoms with Crippen LogP contribution in [-0.4, -0.2) is 13.1 Å². The lowest BCUT2D eigenvalue weighted by Gasteiger charge is -2.26. The number of rotatable bonds is 7. The van der Waals surface area contributed by atoms with Crippen LogP contribution < -0.4 is 5.32 Å². The van der Waals surface area contributed by atoms with Gasteiger partial charge in [0.25, 0.3) is 0 Å². The molecule has 100 valence electrons. The molecule has 0 aromatic carbocycles. The fraction of sp³-hybridized carbons (Fsp3) is 0.875. The maximum atomic E-state index is 3.49. The number of hydrogen-bond donors (Lipinski definition) is 1. The Morgan fingerprint density at radius 1 is 1.29 bits per heavy atom. The maximum absolute atomic E-state index is 3.49. The van der Waals surface area contributed by atoms with Crippen LogP contribution >= 0.6 is 0 Å². The molecule has 0 radical (unpaired) electrons. The van der Waals surface area contributed by atoms with Gasteiger partial charge < -0.3 is 5.32 Å².